The molecule has 13 heavy (non-hydrogen) atoms. The van der Waals surface area contributed by atoms with Crippen molar-refractivity contribution >= 4 is 11.4 Å². The molecule has 0 amide bonds. The molecule has 0 aliphatic carbocycles. The highest BCUT2D eigenvalue weighted by Crippen LogP contribution is 2.14. The Morgan fingerprint density at radius 2 is 1.77 bits per heavy atom. The van der Waals surface area contributed by atoms with Crippen molar-refractivity contribution in [2.75, 3.05) is 17.7 Å². The Bertz CT molecular complexity index is 363. The minimum absolute atomic E-state index is 0.218. The van der Waals surface area contributed by atoms with Crippen molar-refractivity contribution in [3.8, 4) is 0 Å². The van der Waals surface area contributed by atoms with Crippen LogP contribution in [0.5, 0.6) is 0 Å². The van der Waals surface area contributed by atoms with Gasteiger partial charge >= 0.3 is 0 Å². The first kappa shape index (κ1) is 9.77. The van der Waals surface area contributed by atoms with Crippen molar-refractivity contribution in [1.29, 1.82) is 0 Å². The molecule has 2 N–H and O–H groups in total. The van der Waals surface area contributed by atoms with Gasteiger partial charge in [-0.2, -0.15) is 0 Å². The lowest BCUT2D eigenvalue weighted by atomic mass is 10.1. The average Bonchev–Trinajstić information content (AvgIpc) is 2.16. The maximum Gasteiger partial charge on any atom is 0.253 e. The van der Waals surface area contributed by atoms with Gasteiger partial charge in [-0.1, -0.05) is 6.92 Å². The smallest absolute Gasteiger partial charge is 0.253 e. The van der Waals surface area contributed by atoms with E-state index in [1.165, 1.54) is 0 Å². The zero-order valence-electron chi connectivity index (χ0n) is 8.10. The van der Waals surface area contributed by atoms with E-state index in [1.807, 2.05) is 13.8 Å². The molecule has 0 aliphatic rings. The van der Waals surface area contributed by atoms with Crippen LogP contribution in [0.15, 0.2) is 9.59 Å². The average molecular weight is 182 g/mol. The molecule has 1 atom stereocenters. The van der Waals surface area contributed by atoms with Crippen LogP contribution in [0, 0.1) is 0 Å². The Morgan fingerprint density at radius 1 is 1.23 bits per heavy atom. The monoisotopic (exact) mass is 182 g/mol. The molecule has 1 aromatic carbocycles. The minimum Gasteiger partial charge on any atom is -0.383 e. The van der Waals surface area contributed by atoms with Crippen molar-refractivity contribution < 1.29 is 0 Å². The van der Waals surface area contributed by atoms with Crippen LogP contribution in [-0.4, -0.2) is 13.1 Å². The van der Waals surface area contributed by atoms with E-state index in [2.05, 4.69) is 10.6 Å². The Labute approximate surface area is 76.7 Å². The lowest BCUT2D eigenvalue weighted by molar-refractivity contribution is 0.762. The molecule has 0 fully saturated rings. The SMILES string of the molecule is CCC(C)Nc1c(NC)c(=O)c1=O. The summed E-state index contributed by atoms with van der Waals surface area (Å²) in [5.41, 5.74) is 0.00473. The van der Waals surface area contributed by atoms with Gasteiger partial charge in [0.25, 0.3) is 10.9 Å². The lowest BCUT2D eigenvalue weighted by Gasteiger charge is -2.16. The van der Waals surface area contributed by atoms with Gasteiger partial charge < -0.3 is 10.6 Å². The van der Waals surface area contributed by atoms with Gasteiger partial charge in [-0.15, -0.1) is 0 Å². The highest BCUT2D eigenvalue weighted by Gasteiger charge is 2.20. The molecule has 0 heterocycles. The fourth-order valence-electron chi connectivity index (χ4n) is 1.12. The van der Waals surface area contributed by atoms with E-state index in [9.17, 15) is 9.59 Å². The van der Waals surface area contributed by atoms with Gasteiger partial charge in [-0.05, 0) is 13.3 Å². The van der Waals surface area contributed by atoms with E-state index in [-0.39, 0.29) is 6.04 Å². The first-order chi connectivity index (χ1) is 6.11. The van der Waals surface area contributed by atoms with Gasteiger partial charge in [0.2, 0.25) is 0 Å². The van der Waals surface area contributed by atoms with Crippen molar-refractivity contribution in [2.24, 2.45) is 0 Å². The molecule has 0 saturated heterocycles. The summed E-state index contributed by atoms with van der Waals surface area (Å²) in [6.45, 7) is 3.98. The molecule has 1 rings (SSSR count). The summed E-state index contributed by atoms with van der Waals surface area (Å²) in [6.07, 6.45) is 0.919. The van der Waals surface area contributed by atoms with Crippen molar-refractivity contribution in [3.05, 3.63) is 20.4 Å². The quantitative estimate of drug-likeness (QED) is 0.667. The minimum atomic E-state index is -0.423. The third-order valence-corrected chi connectivity index (χ3v) is 2.16. The maximum atomic E-state index is 11.1. The van der Waals surface area contributed by atoms with E-state index < -0.39 is 10.9 Å². The molecule has 0 bridgehead atoms. The molecule has 4 nitrogen and oxygen atoms in total. The summed E-state index contributed by atoms with van der Waals surface area (Å²) in [6, 6.07) is 0.218. The van der Waals surface area contributed by atoms with Gasteiger partial charge in [-0.25, -0.2) is 0 Å². The molecule has 0 aromatic heterocycles. The van der Waals surface area contributed by atoms with Gasteiger partial charge in [0.1, 0.15) is 11.4 Å². The Hall–Kier alpha value is -1.32. The Balaban J connectivity index is 2.84. The first-order valence-electron chi connectivity index (χ1n) is 4.39. The highest BCUT2D eigenvalue weighted by atomic mass is 16.2. The van der Waals surface area contributed by atoms with Crippen molar-refractivity contribution in [3.63, 3.8) is 0 Å². The number of nitrogens with one attached hydrogen (secondary N) is 2. The van der Waals surface area contributed by atoms with Gasteiger partial charge in [0.05, 0.1) is 0 Å². The van der Waals surface area contributed by atoms with Gasteiger partial charge in [0, 0.05) is 13.1 Å². The van der Waals surface area contributed by atoms with Gasteiger partial charge in [-0.3, -0.25) is 9.59 Å². The molecule has 0 spiro atoms. The topological polar surface area (TPSA) is 58.2 Å². The summed E-state index contributed by atoms with van der Waals surface area (Å²) >= 11 is 0. The molecule has 0 saturated carbocycles. The molecule has 1 unspecified atom stereocenters. The summed E-state index contributed by atoms with van der Waals surface area (Å²) in [7, 11) is 1.64. The fourth-order valence-corrected chi connectivity index (χ4v) is 1.12. The molecule has 72 valence electrons. The normalized spacial score (nSPS) is 12.8. The fraction of sp³-hybridized carbons (Fsp3) is 0.556. The second-order valence-corrected chi connectivity index (χ2v) is 3.11. The van der Waals surface area contributed by atoms with Crippen LogP contribution < -0.4 is 21.5 Å². The molecule has 4 heteroatoms. The lowest BCUT2D eigenvalue weighted by Crippen LogP contribution is -2.38. The highest BCUT2D eigenvalue weighted by molar-refractivity contribution is 5.73. The predicted molar refractivity (Wildman–Crippen MR) is 54.3 cm³/mol. The summed E-state index contributed by atoms with van der Waals surface area (Å²) in [4.78, 5) is 22.0. The molecular formula is C9H14N2O2. The third-order valence-electron chi connectivity index (χ3n) is 2.16. The van der Waals surface area contributed by atoms with Crippen LogP contribution in [0.1, 0.15) is 20.3 Å². The van der Waals surface area contributed by atoms with Crippen LogP contribution in [0.3, 0.4) is 0 Å². The predicted octanol–water partition coefficient (Wildman–Crippen LogP) is 0.535. The zero-order valence-corrected chi connectivity index (χ0v) is 8.10. The maximum absolute atomic E-state index is 11.1. The molecular weight excluding hydrogens is 168 g/mol. The van der Waals surface area contributed by atoms with Crippen LogP contribution in [0.2, 0.25) is 0 Å². The standard InChI is InChI=1S/C9H14N2O2/c1-4-5(2)11-7-6(10-3)8(12)9(7)13/h5,10-11H,4H2,1-3H3. The second-order valence-electron chi connectivity index (χ2n) is 3.11. The van der Waals surface area contributed by atoms with E-state index in [1.54, 1.807) is 7.05 Å². The van der Waals surface area contributed by atoms with E-state index in [4.69, 9.17) is 0 Å². The summed E-state index contributed by atoms with van der Waals surface area (Å²) in [5, 5.41) is 5.70. The number of hydrogen-bond donors (Lipinski definition) is 2. The van der Waals surface area contributed by atoms with Crippen LogP contribution in [0.4, 0.5) is 11.4 Å². The zero-order chi connectivity index (χ0) is 10.0. The number of hydrogen-bond acceptors (Lipinski definition) is 4. The first-order valence-corrected chi connectivity index (χ1v) is 4.39. The number of anilines is 2. The molecule has 0 radical (unpaired) electrons. The van der Waals surface area contributed by atoms with Crippen LogP contribution >= 0.6 is 0 Å². The van der Waals surface area contributed by atoms with Crippen molar-refractivity contribution in [1.82, 2.24) is 0 Å². The van der Waals surface area contributed by atoms with E-state index in [0.717, 1.165) is 6.42 Å². The largest absolute Gasteiger partial charge is 0.383 e. The number of rotatable bonds is 4. The van der Waals surface area contributed by atoms with Gasteiger partial charge in [0.15, 0.2) is 0 Å². The Kier molecular flexibility index (Phi) is 2.70. The molecule has 0 aliphatic heterocycles. The molecule has 1 aromatic rings. The van der Waals surface area contributed by atoms with E-state index >= 15 is 0 Å². The van der Waals surface area contributed by atoms with Crippen LogP contribution in [0.25, 0.3) is 0 Å². The van der Waals surface area contributed by atoms with Crippen molar-refractivity contribution in [2.45, 2.75) is 26.3 Å². The summed E-state index contributed by atoms with van der Waals surface area (Å²) < 4.78 is 0. The summed E-state index contributed by atoms with van der Waals surface area (Å²) in [5.74, 6) is 0. The third kappa shape index (κ3) is 1.56. The van der Waals surface area contributed by atoms with E-state index in [0.29, 0.717) is 11.4 Å². The Morgan fingerprint density at radius 3 is 2.23 bits per heavy atom. The second kappa shape index (κ2) is 3.60. The van der Waals surface area contributed by atoms with Crippen LogP contribution in [-0.2, 0) is 0 Å².